The molecule has 1 atom stereocenters. The number of hydrogen-bond acceptors (Lipinski definition) is 2. The lowest BCUT2D eigenvalue weighted by Gasteiger charge is -2.26. The second-order valence-corrected chi connectivity index (χ2v) is 4.45. The van der Waals surface area contributed by atoms with Gasteiger partial charge in [0.2, 0.25) is 0 Å². The summed E-state index contributed by atoms with van der Waals surface area (Å²) < 4.78 is 26.2. The molecule has 17 heavy (non-hydrogen) atoms. The maximum Gasteiger partial charge on any atom is 0.183 e. The Kier molecular flexibility index (Phi) is 3.24. The van der Waals surface area contributed by atoms with Crippen molar-refractivity contribution in [3.63, 3.8) is 0 Å². The summed E-state index contributed by atoms with van der Waals surface area (Å²) in [5.41, 5.74) is -0.529. The molecule has 1 aliphatic rings. The fourth-order valence-electron chi connectivity index (χ4n) is 2.42. The minimum atomic E-state index is -0.711. The van der Waals surface area contributed by atoms with Crippen LogP contribution >= 0.6 is 0 Å². The van der Waals surface area contributed by atoms with E-state index in [4.69, 9.17) is 0 Å². The number of benzene rings is 1. The van der Waals surface area contributed by atoms with Crippen molar-refractivity contribution in [2.75, 3.05) is 6.54 Å². The lowest BCUT2D eigenvalue weighted by molar-refractivity contribution is 0.0863. The Bertz CT molecular complexity index is 419. The van der Waals surface area contributed by atoms with Gasteiger partial charge in [0.1, 0.15) is 11.6 Å². The summed E-state index contributed by atoms with van der Waals surface area (Å²) in [5.74, 6) is -1.63. The van der Waals surface area contributed by atoms with Gasteiger partial charge >= 0.3 is 0 Å². The molecule has 1 heterocycles. The molecule has 2 rings (SSSR count). The van der Waals surface area contributed by atoms with Crippen molar-refractivity contribution in [3.05, 3.63) is 35.4 Å². The highest BCUT2D eigenvalue weighted by Crippen LogP contribution is 2.27. The molecule has 0 saturated carbocycles. The molecule has 0 aliphatic carbocycles. The number of nitrogens with one attached hydrogen (secondary N) is 1. The molecule has 1 aliphatic heterocycles. The van der Waals surface area contributed by atoms with Crippen molar-refractivity contribution in [1.82, 2.24) is 5.32 Å². The summed E-state index contributed by atoms with van der Waals surface area (Å²) in [6.07, 6.45) is 2.27. The number of ketones is 1. The molecule has 0 amide bonds. The Balaban J connectivity index is 2.35. The minimum Gasteiger partial charge on any atom is -0.305 e. The summed E-state index contributed by atoms with van der Waals surface area (Å²) in [6.45, 7) is 2.68. The van der Waals surface area contributed by atoms with Gasteiger partial charge in [-0.3, -0.25) is 4.79 Å². The Labute approximate surface area is 99.0 Å². The van der Waals surface area contributed by atoms with E-state index in [9.17, 15) is 13.6 Å². The van der Waals surface area contributed by atoms with Gasteiger partial charge in [0.05, 0.1) is 5.54 Å². The van der Waals surface area contributed by atoms with E-state index >= 15 is 0 Å². The Hall–Kier alpha value is -1.29. The molecule has 2 nitrogen and oxygen atoms in total. The van der Waals surface area contributed by atoms with E-state index in [1.165, 1.54) is 0 Å². The third kappa shape index (κ3) is 2.22. The first-order valence-corrected chi connectivity index (χ1v) is 5.83. The predicted molar refractivity (Wildman–Crippen MR) is 60.9 cm³/mol. The number of carbonyl (C=O) groups excluding carboxylic acids is 1. The third-order valence-electron chi connectivity index (χ3n) is 3.41. The van der Waals surface area contributed by atoms with Crippen LogP contribution in [0, 0.1) is 11.6 Å². The van der Waals surface area contributed by atoms with Crippen molar-refractivity contribution >= 4 is 5.78 Å². The summed E-state index contributed by atoms with van der Waals surface area (Å²) in [7, 11) is 0. The average molecular weight is 239 g/mol. The number of halogens is 2. The van der Waals surface area contributed by atoms with Crippen molar-refractivity contribution in [2.45, 2.75) is 31.7 Å². The van der Waals surface area contributed by atoms with Crippen LogP contribution < -0.4 is 5.32 Å². The second kappa shape index (κ2) is 4.53. The van der Waals surface area contributed by atoms with Crippen LogP contribution in [0.5, 0.6) is 0 Å². The highest BCUT2D eigenvalue weighted by molar-refractivity contribution is 6.03. The Morgan fingerprint density at radius 2 is 2.00 bits per heavy atom. The van der Waals surface area contributed by atoms with Crippen molar-refractivity contribution in [2.24, 2.45) is 0 Å². The largest absolute Gasteiger partial charge is 0.305 e. The molecule has 1 aromatic rings. The summed E-state index contributed by atoms with van der Waals surface area (Å²) in [6, 6.07) is 2.98. The normalized spacial score (nSPS) is 23.9. The van der Waals surface area contributed by atoms with Gasteiger partial charge in [0, 0.05) is 11.6 Å². The smallest absolute Gasteiger partial charge is 0.183 e. The van der Waals surface area contributed by atoms with Gasteiger partial charge in [-0.25, -0.2) is 8.78 Å². The molecule has 1 unspecified atom stereocenters. The second-order valence-electron chi connectivity index (χ2n) is 4.45. The van der Waals surface area contributed by atoms with Gasteiger partial charge in [-0.1, -0.05) is 6.92 Å². The quantitative estimate of drug-likeness (QED) is 0.822. The molecule has 1 N–H and O–H groups in total. The third-order valence-corrected chi connectivity index (χ3v) is 3.41. The van der Waals surface area contributed by atoms with Crippen LogP contribution in [0.25, 0.3) is 0 Å². The van der Waals surface area contributed by atoms with Gasteiger partial charge in [0.15, 0.2) is 5.78 Å². The molecule has 0 spiro atoms. The Morgan fingerprint density at radius 3 is 2.47 bits per heavy atom. The van der Waals surface area contributed by atoms with Crippen molar-refractivity contribution in [1.29, 1.82) is 0 Å². The average Bonchev–Trinajstić information content (AvgIpc) is 2.76. The zero-order valence-electron chi connectivity index (χ0n) is 9.72. The van der Waals surface area contributed by atoms with Gasteiger partial charge in [-0.15, -0.1) is 0 Å². The molecule has 1 saturated heterocycles. The lowest BCUT2D eigenvalue weighted by Crippen LogP contribution is -2.47. The molecule has 92 valence electrons. The number of Topliss-reactive ketones (excluding diaryl/α,β-unsaturated/α-hetero) is 1. The number of rotatable bonds is 3. The van der Waals surface area contributed by atoms with Gasteiger partial charge in [-0.2, -0.15) is 0 Å². The first kappa shape index (κ1) is 12.2. The molecular formula is C13H15F2NO. The van der Waals surface area contributed by atoms with Crippen LogP contribution in [0.15, 0.2) is 18.2 Å². The first-order chi connectivity index (χ1) is 8.07. The highest BCUT2D eigenvalue weighted by Gasteiger charge is 2.39. The first-order valence-electron chi connectivity index (χ1n) is 5.83. The van der Waals surface area contributed by atoms with E-state index in [1.807, 2.05) is 6.92 Å². The predicted octanol–water partition coefficient (Wildman–Crippen LogP) is 2.68. The van der Waals surface area contributed by atoms with Crippen LogP contribution in [0.2, 0.25) is 0 Å². The zero-order chi connectivity index (χ0) is 12.5. The molecule has 4 heteroatoms. The Morgan fingerprint density at radius 1 is 1.35 bits per heavy atom. The van der Waals surface area contributed by atoms with E-state index in [0.29, 0.717) is 6.42 Å². The molecule has 0 aromatic heterocycles. The maximum atomic E-state index is 13.1. The van der Waals surface area contributed by atoms with E-state index in [1.54, 1.807) is 0 Å². The van der Waals surface area contributed by atoms with Crippen molar-refractivity contribution in [3.8, 4) is 0 Å². The van der Waals surface area contributed by atoms with Crippen LogP contribution in [0.1, 0.15) is 36.5 Å². The zero-order valence-corrected chi connectivity index (χ0v) is 9.72. The van der Waals surface area contributed by atoms with Crippen LogP contribution in [-0.2, 0) is 0 Å². The van der Waals surface area contributed by atoms with E-state index < -0.39 is 17.2 Å². The topological polar surface area (TPSA) is 29.1 Å². The van der Waals surface area contributed by atoms with E-state index in [0.717, 1.165) is 37.6 Å². The molecule has 0 bridgehead atoms. The minimum absolute atomic E-state index is 0.110. The van der Waals surface area contributed by atoms with Crippen LogP contribution in [-0.4, -0.2) is 17.9 Å². The number of carbonyl (C=O) groups is 1. The number of hydrogen-bond donors (Lipinski definition) is 1. The summed E-state index contributed by atoms with van der Waals surface area (Å²) >= 11 is 0. The van der Waals surface area contributed by atoms with Gasteiger partial charge in [-0.05, 0) is 37.9 Å². The van der Waals surface area contributed by atoms with Gasteiger partial charge < -0.3 is 5.32 Å². The van der Waals surface area contributed by atoms with E-state index in [2.05, 4.69) is 5.32 Å². The maximum absolute atomic E-state index is 13.1. The van der Waals surface area contributed by atoms with Crippen LogP contribution in [0.4, 0.5) is 8.78 Å². The van der Waals surface area contributed by atoms with E-state index in [-0.39, 0.29) is 11.3 Å². The molecule has 1 aromatic carbocycles. The fraction of sp³-hybridized carbons (Fsp3) is 0.462. The summed E-state index contributed by atoms with van der Waals surface area (Å²) in [4.78, 5) is 12.3. The lowest BCUT2D eigenvalue weighted by atomic mass is 9.85. The monoisotopic (exact) mass is 239 g/mol. The standard InChI is InChI=1S/C13H15F2NO/c1-2-13(4-3-5-16-13)12(17)9-6-10(14)8-11(15)7-9/h6-8,16H,2-5H2,1H3. The molecule has 0 radical (unpaired) electrons. The molecular weight excluding hydrogens is 224 g/mol. The van der Waals surface area contributed by atoms with Crippen LogP contribution in [0.3, 0.4) is 0 Å². The highest BCUT2D eigenvalue weighted by atomic mass is 19.1. The fourth-order valence-corrected chi connectivity index (χ4v) is 2.42. The SMILES string of the molecule is CCC1(C(=O)c2cc(F)cc(F)c2)CCCN1. The summed E-state index contributed by atoms with van der Waals surface area (Å²) in [5, 5.41) is 3.16. The van der Waals surface area contributed by atoms with Gasteiger partial charge in [0.25, 0.3) is 0 Å². The molecule has 1 fully saturated rings. The van der Waals surface area contributed by atoms with Crippen molar-refractivity contribution < 1.29 is 13.6 Å².